The molecular weight excluding hydrogens is 521 g/mol. The zero-order chi connectivity index (χ0) is 30.1. The van der Waals surface area contributed by atoms with Crippen molar-refractivity contribution >= 4 is 29.2 Å². The van der Waals surface area contributed by atoms with Crippen LogP contribution in [0.4, 0.5) is 4.39 Å². The van der Waals surface area contributed by atoms with Crippen molar-refractivity contribution in [3.05, 3.63) is 28.6 Å². The molecule has 10 nitrogen and oxygen atoms in total. The smallest absolute Gasteiger partial charge is 0.228 e. The quantitative estimate of drug-likeness (QED) is 0.516. The first-order valence-corrected chi connectivity index (χ1v) is 13.4. The molecule has 4 rings (SSSR count). The molecule has 6 unspecified atom stereocenters. The Balaban J connectivity index is 1.78. The summed E-state index contributed by atoms with van der Waals surface area (Å²) in [5, 5.41) is 10.9. The van der Waals surface area contributed by atoms with Crippen LogP contribution in [0.1, 0.15) is 55.1 Å². The van der Waals surface area contributed by atoms with Crippen molar-refractivity contribution < 1.29 is 38.2 Å². The summed E-state index contributed by atoms with van der Waals surface area (Å²) in [6.45, 7) is 5.11. The minimum absolute atomic E-state index is 0.00544. The van der Waals surface area contributed by atoms with Gasteiger partial charge in [0.05, 0.1) is 17.5 Å². The number of phenols is 1. The van der Waals surface area contributed by atoms with Crippen LogP contribution >= 0.6 is 0 Å². The number of amides is 2. The van der Waals surface area contributed by atoms with Gasteiger partial charge in [0, 0.05) is 49.6 Å². The number of hydrogen-bond acceptors (Lipinski definition) is 8. The number of Topliss-reactive ketones (excluding diaryl/α,β-unsaturated/α-hetero) is 3. The summed E-state index contributed by atoms with van der Waals surface area (Å²) in [5.41, 5.74) is 3.01. The van der Waals surface area contributed by atoms with Crippen LogP contribution in [0.25, 0.3) is 0 Å². The van der Waals surface area contributed by atoms with Crippen molar-refractivity contribution in [1.82, 2.24) is 9.80 Å². The van der Waals surface area contributed by atoms with Crippen LogP contribution in [-0.4, -0.2) is 84.0 Å². The van der Waals surface area contributed by atoms with E-state index < -0.39 is 75.6 Å². The van der Waals surface area contributed by atoms with Gasteiger partial charge in [-0.3, -0.25) is 28.9 Å². The first-order chi connectivity index (χ1) is 18.5. The van der Waals surface area contributed by atoms with E-state index in [-0.39, 0.29) is 48.4 Å². The summed E-state index contributed by atoms with van der Waals surface area (Å²) in [6, 6.07) is 0.250. The maximum Gasteiger partial charge on any atom is 0.228 e. The van der Waals surface area contributed by atoms with E-state index in [1.807, 2.05) is 0 Å². The number of primary amides is 1. The van der Waals surface area contributed by atoms with Gasteiger partial charge in [0.15, 0.2) is 17.3 Å². The third-order valence-corrected chi connectivity index (χ3v) is 8.92. The maximum atomic E-state index is 15.9. The Kier molecular flexibility index (Phi) is 7.47. The van der Waals surface area contributed by atoms with E-state index in [4.69, 9.17) is 10.5 Å². The number of hydrogen-bond donors (Lipinski definition) is 2. The van der Waals surface area contributed by atoms with Crippen LogP contribution in [-0.2, 0) is 36.9 Å². The van der Waals surface area contributed by atoms with Gasteiger partial charge >= 0.3 is 0 Å². The highest BCUT2D eigenvalue weighted by Crippen LogP contribution is 2.53. The molecule has 1 aromatic rings. The molecule has 3 N–H and O–H groups in total. The Hall–Kier alpha value is -3.18. The van der Waals surface area contributed by atoms with Crippen LogP contribution in [0.5, 0.6) is 5.75 Å². The van der Waals surface area contributed by atoms with Crippen LogP contribution in [0, 0.1) is 34.9 Å². The van der Waals surface area contributed by atoms with Gasteiger partial charge < -0.3 is 20.5 Å². The zero-order valence-corrected chi connectivity index (χ0v) is 24.0. The minimum Gasteiger partial charge on any atom is -0.507 e. The highest BCUT2D eigenvalue weighted by Gasteiger charge is 2.65. The van der Waals surface area contributed by atoms with Crippen molar-refractivity contribution in [2.45, 2.75) is 58.2 Å². The summed E-state index contributed by atoms with van der Waals surface area (Å²) in [4.78, 5) is 69.1. The number of nitrogens with zero attached hydrogens (tertiary/aromatic N) is 2. The second-order valence-electron chi connectivity index (χ2n) is 12.7. The van der Waals surface area contributed by atoms with Gasteiger partial charge in [0.2, 0.25) is 11.8 Å². The van der Waals surface area contributed by atoms with Gasteiger partial charge in [0.25, 0.3) is 0 Å². The van der Waals surface area contributed by atoms with E-state index in [2.05, 4.69) is 0 Å². The highest BCUT2D eigenvalue weighted by molar-refractivity contribution is 6.17. The molecule has 0 aliphatic heterocycles. The average molecular weight is 560 g/mol. The zero-order valence-electron chi connectivity index (χ0n) is 24.0. The molecule has 2 saturated carbocycles. The summed E-state index contributed by atoms with van der Waals surface area (Å²) in [5.74, 6) is -7.85. The molecule has 2 amide bonds. The van der Waals surface area contributed by atoms with Gasteiger partial charge in [0.1, 0.15) is 23.1 Å². The summed E-state index contributed by atoms with van der Waals surface area (Å²) in [7, 11) is 6.16. The summed E-state index contributed by atoms with van der Waals surface area (Å²) in [6.07, 6.45) is -0.115. The van der Waals surface area contributed by atoms with Crippen LogP contribution < -0.4 is 5.73 Å². The Morgan fingerprint density at radius 2 is 1.82 bits per heavy atom. The van der Waals surface area contributed by atoms with Gasteiger partial charge in [-0.25, -0.2) is 4.39 Å². The van der Waals surface area contributed by atoms with Crippen molar-refractivity contribution in [1.29, 1.82) is 0 Å². The highest BCUT2D eigenvalue weighted by atomic mass is 19.1. The molecule has 218 valence electrons. The number of aromatic hydroxyl groups is 1. The molecule has 40 heavy (non-hydrogen) atoms. The Bertz CT molecular complexity index is 1300. The molecule has 0 bridgehead atoms. The number of halogens is 1. The molecule has 11 heteroatoms. The van der Waals surface area contributed by atoms with Crippen LogP contribution in [0.15, 0.2) is 6.07 Å². The van der Waals surface area contributed by atoms with Crippen molar-refractivity contribution in [3.8, 4) is 5.75 Å². The molecule has 0 saturated heterocycles. The van der Waals surface area contributed by atoms with Crippen molar-refractivity contribution in [3.63, 3.8) is 0 Å². The standard InChI is InChI=1S/C29H38FN3O7/c1-28(2,3)27(39)33(6)12-14-10-18(34)20-15(21(14)30)8-13-9-17-22(32(4)5)23(35)16(26(31)38)11-29(17,40-7)25(37)19(13)24(20)36/h10,13,16-17,19,22,34H,8-9,11-12H2,1-7H3,(H2,31,38). The Morgan fingerprint density at radius 3 is 2.35 bits per heavy atom. The lowest BCUT2D eigenvalue weighted by Crippen LogP contribution is -2.70. The second-order valence-corrected chi connectivity index (χ2v) is 12.7. The first-order valence-electron chi connectivity index (χ1n) is 13.4. The van der Waals surface area contributed by atoms with Crippen LogP contribution in [0.2, 0.25) is 0 Å². The van der Waals surface area contributed by atoms with Crippen molar-refractivity contribution in [2.75, 3.05) is 28.3 Å². The monoisotopic (exact) mass is 559 g/mol. The number of fused-ring (bicyclic) bond motifs is 3. The average Bonchev–Trinajstić information content (AvgIpc) is 2.85. The van der Waals surface area contributed by atoms with Gasteiger partial charge in [-0.1, -0.05) is 20.8 Å². The predicted octanol–water partition coefficient (Wildman–Crippen LogP) is 1.49. The number of likely N-dealkylation sites (N-methyl/N-ethyl adjacent to an activating group) is 1. The number of ether oxygens (including phenoxy) is 1. The van der Waals surface area contributed by atoms with Gasteiger partial charge in [-0.2, -0.15) is 0 Å². The second kappa shape index (κ2) is 10.0. The van der Waals surface area contributed by atoms with E-state index in [1.54, 1.807) is 39.8 Å². The molecule has 3 aliphatic rings. The fourth-order valence-corrected chi connectivity index (χ4v) is 7.14. The predicted molar refractivity (Wildman–Crippen MR) is 142 cm³/mol. The lowest BCUT2D eigenvalue weighted by atomic mass is 9.52. The van der Waals surface area contributed by atoms with Crippen molar-refractivity contribution in [2.24, 2.45) is 34.8 Å². The number of carbonyl (C=O) groups is 5. The van der Waals surface area contributed by atoms with Gasteiger partial charge in [-0.15, -0.1) is 0 Å². The third-order valence-electron chi connectivity index (χ3n) is 8.92. The number of benzene rings is 1. The fourth-order valence-electron chi connectivity index (χ4n) is 7.14. The number of nitrogens with two attached hydrogens (primary N) is 1. The molecule has 0 aromatic heterocycles. The molecule has 0 spiro atoms. The maximum absolute atomic E-state index is 15.9. The molecule has 3 aliphatic carbocycles. The normalized spacial score (nSPS) is 30.0. The topological polar surface area (TPSA) is 147 Å². The van der Waals surface area contributed by atoms with E-state index in [0.29, 0.717) is 0 Å². The summed E-state index contributed by atoms with van der Waals surface area (Å²) >= 11 is 0. The largest absolute Gasteiger partial charge is 0.507 e. The molecule has 6 atom stereocenters. The minimum atomic E-state index is -1.62. The molecule has 1 aromatic carbocycles. The lowest BCUT2D eigenvalue weighted by molar-refractivity contribution is -0.182. The number of phenolic OH excluding ortho intramolecular Hbond substituents is 1. The number of methoxy groups -OCH3 is 1. The number of rotatable bonds is 5. The SMILES string of the molecule is COC12CC(C(N)=O)C(=O)C(N(C)C)C1CC1Cc3c(F)c(CN(C)C(=O)C(C)(C)C)cc(O)c3C(=O)C1C2=O. The molecular formula is C29H38FN3O7. The van der Waals surface area contributed by atoms with Crippen LogP contribution in [0.3, 0.4) is 0 Å². The number of ketones is 3. The third kappa shape index (κ3) is 4.43. The Morgan fingerprint density at radius 1 is 1.20 bits per heavy atom. The van der Waals surface area contributed by atoms with Gasteiger partial charge in [-0.05, 0) is 38.9 Å². The number of carbonyl (C=O) groups excluding carboxylic acids is 5. The van der Waals surface area contributed by atoms with E-state index >= 15 is 4.39 Å². The van der Waals surface area contributed by atoms with E-state index in [1.165, 1.54) is 19.1 Å². The van der Waals surface area contributed by atoms with E-state index in [0.717, 1.165) is 6.07 Å². The Labute approximate surface area is 233 Å². The molecule has 0 radical (unpaired) electrons. The molecule has 0 heterocycles. The lowest BCUT2D eigenvalue weighted by Gasteiger charge is -2.55. The fraction of sp³-hybridized carbons (Fsp3) is 0.621. The van der Waals surface area contributed by atoms with E-state index in [9.17, 15) is 29.1 Å². The molecule has 2 fully saturated rings. The first kappa shape index (κ1) is 29.8. The summed E-state index contributed by atoms with van der Waals surface area (Å²) < 4.78 is 21.7.